The Bertz CT molecular complexity index is 911. The third-order valence-corrected chi connectivity index (χ3v) is 8.03. The molecule has 2 aromatic carbocycles. The first kappa shape index (κ1) is 23.9. The number of hydrogen-bond donors (Lipinski definition) is 2. The van der Waals surface area contributed by atoms with E-state index in [-0.39, 0.29) is 16.9 Å². The summed E-state index contributed by atoms with van der Waals surface area (Å²) in [6.45, 7) is 0. The number of rotatable bonds is 12. The largest absolute Gasteiger partial charge is 0.481 e. The Morgan fingerprint density at radius 2 is 1.97 bits per heavy atom. The molecule has 0 aliphatic heterocycles. The molecule has 4 nitrogen and oxygen atoms in total. The normalized spacial score (nSPS) is 20.0. The van der Waals surface area contributed by atoms with Gasteiger partial charge in [-0.15, -0.1) is 11.8 Å². The minimum atomic E-state index is -0.784. The van der Waals surface area contributed by atoms with Gasteiger partial charge < -0.3 is 10.2 Å². The molecule has 31 heavy (non-hydrogen) atoms. The molecule has 0 saturated heterocycles. The van der Waals surface area contributed by atoms with Crippen molar-refractivity contribution in [3.05, 3.63) is 60.2 Å². The number of aliphatic hydroxyl groups is 1. The smallest absolute Gasteiger partial charge is 0.313 e. The van der Waals surface area contributed by atoms with E-state index in [1.54, 1.807) is 11.8 Å². The molecule has 0 aromatic heterocycles. The predicted molar refractivity (Wildman–Crippen MR) is 131 cm³/mol. The molecule has 166 valence electrons. The fourth-order valence-corrected chi connectivity index (χ4v) is 6.05. The minimum Gasteiger partial charge on any atom is -0.481 e. The number of allylic oxidation sites excluding steroid dienone is 1. The number of carboxylic acids is 1. The van der Waals surface area contributed by atoms with Crippen LogP contribution in [-0.4, -0.2) is 50.6 Å². The number of aryl methyl sites for hydroxylation is 1. The zero-order chi connectivity index (χ0) is 22.1. The Morgan fingerprint density at radius 3 is 2.77 bits per heavy atom. The van der Waals surface area contributed by atoms with E-state index in [1.807, 2.05) is 24.3 Å². The SMILES string of the molecule is O=C(O)CSCCCS[C@H]1C(=O)CC[C@@H]1C=CC(O)CCc1ccc2ccccc2c1. The zero-order valence-corrected chi connectivity index (χ0v) is 19.2. The van der Waals surface area contributed by atoms with Gasteiger partial charge in [-0.3, -0.25) is 9.59 Å². The van der Waals surface area contributed by atoms with Gasteiger partial charge in [-0.2, -0.15) is 11.8 Å². The van der Waals surface area contributed by atoms with E-state index in [1.165, 1.54) is 28.1 Å². The van der Waals surface area contributed by atoms with Crippen LogP contribution in [0.1, 0.15) is 31.2 Å². The molecule has 2 aromatic rings. The van der Waals surface area contributed by atoms with Crippen molar-refractivity contribution in [1.29, 1.82) is 0 Å². The molecule has 0 bridgehead atoms. The molecular weight excluding hydrogens is 428 g/mol. The lowest BCUT2D eigenvalue weighted by molar-refractivity contribution is -0.133. The molecule has 1 aliphatic carbocycles. The number of hydrogen-bond acceptors (Lipinski definition) is 5. The number of aliphatic hydroxyl groups excluding tert-OH is 1. The van der Waals surface area contributed by atoms with E-state index in [0.29, 0.717) is 18.6 Å². The Kier molecular flexibility index (Phi) is 9.50. The maximum Gasteiger partial charge on any atom is 0.313 e. The monoisotopic (exact) mass is 458 g/mol. The van der Waals surface area contributed by atoms with E-state index < -0.39 is 12.1 Å². The number of thioether (sulfide) groups is 2. The van der Waals surface area contributed by atoms with Crippen LogP contribution in [0.15, 0.2) is 54.6 Å². The van der Waals surface area contributed by atoms with E-state index >= 15 is 0 Å². The van der Waals surface area contributed by atoms with E-state index in [4.69, 9.17) is 5.11 Å². The quantitative estimate of drug-likeness (QED) is 0.345. The lowest BCUT2D eigenvalue weighted by Gasteiger charge is -2.15. The van der Waals surface area contributed by atoms with Gasteiger partial charge >= 0.3 is 5.97 Å². The summed E-state index contributed by atoms with van der Waals surface area (Å²) < 4.78 is 0. The molecular formula is C25H30O4S2. The van der Waals surface area contributed by atoms with Crippen LogP contribution < -0.4 is 0 Å². The molecule has 1 saturated carbocycles. The molecule has 1 unspecified atom stereocenters. The summed E-state index contributed by atoms with van der Waals surface area (Å²) in [5.41, 5.74) is 1.22. The van der Waals surface area contributed by atoms with Crippen LogP contribution in [0.5, 0.6) is 0 Å². The van der Waals surface area contributed by atoms with Crippen molar-refractivity contribution in [2.45, 2.75) is 43.5 Å². The molecule has 6 heteroatoms. The van der Waals surface area contributed by atoms with Crippen LogP contribution in [0.25, 0.3) is 10.8 Å². The first-order chi connectivity index (χ1) is 15.0. The van der Waals surface area contributed by atoms with Gasteiger partial charge in [-0.25, -0.2) is 0 Å². The highest BCUT2D eigenvalue weighted by molar-refractivity contribution is 8.01. The Labute approximate surface area is 192 Å². The third-order valence-electron chi connectivity index (χ3n) is 5.51. The van der Waals surface area contributed by atoms with Crippen molar-refractivity contribution < 1.29 is 19.8 Å². The molecule has 3 atom stereocenters. The topological polar surface area (TPSA) is 74.6 Å². The predicted octanol–water partition coefficient (Wildman–Crippen LogP) is 4.98. The zero-order valence-electron chi connectivity index (χ0n) is 17.6. The molecule has 2 N–H and O–H groups in total. The number of carbonyl (C=O) groups excluding carboxylic acids is 1. The van der Waals surface area contributed by atoms with E-state index in [9.17, 15) is 14.7 Å². The van der Waals surface area contributed by atoms with Crippen molar-refractivity contribution in [1.82, 2.24) is 0 Å². The van der Waals surface area contributed by atoms with E-state index in [0.717, 1.165) is 30.8 Å². The van der Waals surface area contributed by atoms with Gasteiger partial charge in [-0.1, -0.05) is 54.6 Å². The number of carbonyl (C=O) groups is 2. The van der Waals surface area contributed by atoms with Crippen LogP contribution in [-0.2, 0) is 16.0 Å². The summed E-state index contributed by atoms with van der Waals surface area (Å²) in [6, 6.07) is 14.7. The minimum absolute atomic E-state index is 0.0339. The maximum absolute atomic E-state index is 12.3. The van der Waals surface area contributed by atoms with Gasteiger partial charge in [-0.05, 0) is 59.4 Å². The average molecular weight is 459 g/mol. The molecule has 1 aliphatic rings. The van der Waals surface area contributed by atoms with Crippen molar-refractivity contribution in [2.75, 3.05) is 17.3 Å². The van der Waals surface area contributed by atoms with Gasteiger partial charge in [0.25, 0.3) is 0 Å². The fourth-order valence-electron chi connectivity index (χ4n) is 3.86. The van der Waals surface area contributed by atoms with Crippen molar-refractivity contribution in [3.8, 4) is 0 Å². The van der Waals surface area contributed by atoms with Crippen LogP contribution in [0, 0.1) is 5.92 Å². The first-order valence-electron chi connectivity index (χ1n) is 10.8. The number of benzene rings is 2. The number of Topliss-reactive ketones (excluding diaryl/α,β-unsaturated/α-hetero) is 1. The number of ketones is 1. The summed E-state index contributed by atoms with van der Waals surface area (Å²) in [6.07, 6.45) is 7.21. The Hall–Kier alpha value is -1.76. The Morgan fingerprint density at radius 1 is 1.16 bits per heavy atom. The highest BCUT2D eigenvalue weighted by Gasteiger charge is 2.33. The summed E-state index contributed by atoms with van der Waals surface area (Å²) in [5, 5.41) is 21.5. The summed E-state index contributed by atoms with van der Waals surface area (Å²) in [5.74, 6) is 1.48. The summed E-state index contributed by atoms with van der Waals surface area (Å²) in [4.78, 5) is 22.8. The summed E-state index contributed by atoms with van der Waals surface area (Å²) >= 11 is 3.10. The van der Waals surface area contributed by atoms with Crippen LogP contribution in [0.3, 0.4) is 0 Å². The Balaban J connectivity index is 1.42. The molecule has 0 spiro atoms. The second kappa shape index (κ2) is 12.3. The van der Waals surface area contributed by atoms with Crippen LogP contribution in [0.4, 0.5) is 0 Å². The van der Waals surface area contributed by atoms with Crippen LogP contribution >= 0.6 is 23.5 Å². The second-order valence-corrected chi connectivity index (χ2v) is 10.3. The van der Waals surface area contributed by atoms with E-state index in [2.05, 4.69) is 30.3 Å². The van der Waals surface area contributed by atoms with Crippen molar-refractivity contribution in [3.63, 3.8) is 0 Å². The lowest BCUT2D eigenvalue weighted by Crippen LogP contribution is -2.17. The van der Waals surface area contributed by atoms with Crippen molar-refractivity contribution >= 4 is 46.0 Å². The third kappa shape index (κ3) is 7.70. The lowest BCUT2D eigenvalue weighted by atomic mass is 10.0. The van der Waals surface area contributed by atoms with Gasteiger partial charge in [0.05, 0.1) is 17.1 Å². The molecule has 1 fully saturated rings. The highest BCUT2D eigenvalue weighted by Crippen LogP contribution is 2.34. The molecule has 3 rings (SSSR count). The molecule has 0 amide bonds. The number of fused-ring (bicyclic) bond motifs is 1. The number of aliphatic carboxylic acids is 1. The standard InChI is InChI=1S/C25H30O4S2/c26-22(11-7-18-6-8-19-4-1-2-5-21(19)16-18)12-9-20-10-13-23(27)25(20)31-15-3-14-30-17-24(28)29/h1-2,4-6,8-9,12,16,20,22,25-26H,3,7,10-11,13-15,17H2,(H,28,29)/t20-,22?,25+/m0/s1. The van der Waals surface area contributed by atoms with Gasteiger partial charge in [0.2, 0.25) is 0 Å². The van der Waals surface area contributed by atoms with Gasteiger partial charge in [0.1, 0.15) is 5.78 Å². The maximum atomic E-state index is 12.3. The molecule has 0 heterocycles. The highest BCUT2D eigenvalue weighted by atomic mass is 32.2. The van der Waals surface area contributed by atoms with Gasteiger partial charge in [0, 0.05) is 6.42 Å². The average Bonchev–Trinajstić information content (AvgIpc) is 3.12. The van der Waals surface area contributed by atoms with Gasteiger partial charge in [0.15, 0.2) is 0 Å². The number of carboxylic acid groups (broad SMARTS) is 1. The van der Waals surface area contributed by atoms with Crippen molar-refractivity contribution in [2.24, 2.45) is 5.92 Å². The summed E-state index contributed by atoms with van der Waals surface area (Å²) in [7, 11) is 0. The second-order valence-electron chi connectivity index (χ2n) is 7.93. The fraction of sp³-hybridized carbons (Fsp3) is 0.440. The van der Waals surface area contributed by atoms with Crippen LogP contribution in [0.2, 0.25) is 0 Å². The first-order valence-corrected chi connectivity index (χ1v) is 13.0. The molecule has 0 radical (unpaired) electrons.